The first-order valence-corrected chi connectivity index (χ1v) is 12.6. The van der Waals surface area contributed by atoms with Crippen LogP contribution in [0.15, 0.2) is 47.4 Å². The summed E-state index contributed by atoms with van der Waals surface area (Å²) < 4.78 is 40.1. The van der Waals surface area contributed by atoms with Crippen LogP contribution in [0.5, 0.6) is 0 Å². The van der Waals surface area contributed by atoms with E-state index >= 15 is 0 Å². The molecule has 0 bridgehead atoms. The molecule has 0 atom stereocenters. The number of amides is 1. The monoisotopic (exact) mass is 514 g/mol. The van der Waals surface area contributed by atoms with Gasteiger partial charge in [-0.25, -0.2) is 22.1 Å². The van der Waals surface area contributed by atoms with Gasteiger partial charge < -0.3 is 4.90 Å². The Morgan fingerprint density at radius 3 is 2.24 bits per heavy atom. The van der Waals surface area contributed by atoms with Crippen LogP contribution in [0.25, 0.3) is 10.2 Å². The molecule has 0 fully saturated rings. The number of anilines is 1. The highest BCUT2D eigenvalue weighted by Crippen LogP contribution is 2.30. The van der Waals surface area contributed by atoms with Gasteiger partial charge in [0.15, 0.2) is 5.13 Å². The number of carbonyl (C=O) groups is 1. The molecule has 3 aromatic rings. The molecule has 0 aliphatic rings. The van der Waals surface area contributed by atoms with Crippen molar-refractivity contribution in [3.05, 3.63) is 53.8 Å². The third kappa shape index (κ3) is 6.07. The maximum Gasteiger partial charge on any atom is 0.260 e. The Balaban J connectivity index is 0.00000385. The van der Waals surface area contributed by atoms with Crippen LogP contribution >= 0.6 is 23.7 Å². The van der Waals surface area contributed by atoms with E-state index in [1.165, 1.54) is 61.8 Å². The highest BCUT2D eigenvalue weighted by Gasteiger charge is 2.23. The molecule has 0 N–H and O–H groups in total. The van der Waals surface area contributed by atoms with Crippen LogP contribution in [0.2, 0.25) is 0 Å². The second-order valence-corrected chi connectivity index (χ2v) is 10.6. The number of aromatic nitrogens is 1. The summed E-state index contributed by atoms with van der Waals surface area (Å²) in [6.45, 7) is 6.86. The molecule has 1 amide bonds. The van der Waals surface area contributed by atoms with Gasteiger partial charge in [0.25, 0.3) is 5.91 Å². The molecule has 0 radical (unpaired) electrons. The molecule has 1 aromatic heterocycles. The molecule has 0 saturated heterocycles. The smallest absolute Gasteiger partial charge is 0.260 e. The molecule has 180 valence electrons. The van der Waals surface area contributed by atoms with Gasteiger partial charge in [-0.3, -0.25) is 9.69 Å². The Labute approximate surface area is 204 Å². The highest BCUT2D eigenvalue weighted by atomic mass is 35.5. The maximum absolute atomic E-state index is 13.6. The van der Waals surface area contributed by atoms with Gasteiger partial charge in [0, 0.05) is 32.7 Å². The SMILES string of the molecule is CCN(CC)CCN(C(=O)c1ccc(S(=O)(=O)N(C)C)cc1)c1nc2ccc(F)cc2s1.Cl. The fourth-order valence-electron chi connectivity index (χ4n) is 3.20. The lowest BCUT2D eigenvalue weighted by molar-refractivity contribution is 0.0983. The summed E-state index contributed by atoms with van der Waals surface area (Å²) in [4.78, 5) is 21.8. The van der Waals surface area contributed by atoms with Crippen LogP contribution in [-0.4, -0.2) is 68.8 Å². The summed E-state index contributed by atoms with van der Waals surface area (Å²) in [5.41, 5.74) is 0.979. The lowest BCUT2D eigenvalue weighted by Crippen LogP contribution is -2.38. The molecular formula is C22H28ClFN4O3S2. The Bertz CT molecular complexity index is 1200. The van der Waals surface area contributed by atoms with Gasteiger partial charge in [-0.2, -0.15) is 0 Å². The average Bonchev–Trinajstić information content (AvgIpc) is 3.19. The quantitative estimate of drug-likeness (QED) is 0.430. The van der Waals surface area contributed by atoms with Crippen LogP contribution in [0.3, 0.4) is 0 Å². The molecule has 33 heavy (non-hydrogen) atoms. The summed E-state index contributed by atoms with van der Waals surface area (Å²) >= 11 is 1.25. The fraction of sp³-hybridized carbons (Fsp3) is 0.364. The second kappa shape index (κ2) is 11.3. The van der Waals surface area contributed by atoms with Crippen molar-refractivity contribution in [2.45, 2.75) is 18.7 Å². The summed E-state index contributed by atoms with van der Waals surface area (Å²) in [5, 5.41) is 0.479. The Morgan fingerprint density at radius 2 is 1.67 bits per heavy atom. The number of hydrogen-bond donors (Lipinski definition) is 0. The van der Waals surface area contributed by atoms with Gasteiger partial charge in [0.1, 0.15) is 5.82 Å². The van der Waals surface area contributed by atoms with Gasteiger partial charge in [0.2, 0.25) is 10.0 Å². The maximum atomic E-state index is 13.6. The summed E-state index contributed by atoms with van der Waals surface area (Å²) in [6, 6.07) is 10.2. The Morgan fingerprint density at radius 1 is 1.03 bits per heavy atom. The molecule has 3 rings (SSSR count). The third-order valence-electron chi connectivity index (χ3n) is 5.23. The van der Waals surface area contributed by atoms with E-state index < -0.39 is 10.0 Å². The van der Waals surface area contributed by atoms with Crippen molar-refractivity contribution in [2.24, 2.45) is 0 Å². The van der Waals surface area contributed by atoms with Crippen molar-refractivity contribution < 1.29 is 17.6 Å². The van der Waals surface area contributed by atoms with Crippen LogP contribution in [0.1, 0.15) is 24.2 Å². The first-order valence-electron chi connectivity index (χ1n) is 10.3. The zero-order valence-corrected chi connectivity index (χ0v) is 21.4. The van der Waals surface area contributed by atoms with E-state index in [9.17, 15) is 17.6 Å². The molecule has 0 aliphatic carbocycles. The minimum Gasteiger partial charge on any atom is -0.302 e. The van der Waals surface area contributed by atoms with E-state index in [0.29, 0.717) is 34.0 Å². The average molecular weight is 515 g/mol. The number of halogens is 2. The number of carbonyl (C=O) groups excluding carboxylic acids is 1. The highest BCUT2D eigenvalue weighted by molar-refractivity contribution is 7.89. The van der Waals surface area contributed by atoms with E-state index in [-0.39, 0.29) is 29.0 Å². The molecule has 2 aromatic carbocycles. The molecule has 1 heterocycles. The predicted octanol–water partition coefficient (Wildman–Crippen LogP) is 4.10. The summed E-state index contributed by atoms with van der Waals surface area (Å²) in [6.07, 6.45) is 0. The Hall–Kier alpha value is -2.11. The number of rotatable bonds is 9. The topological polar surface area (TPSA) is 73.8 Å². The van der Waals surface area contributed by atoms with E-state index in [1.807, 2.05) is 0 Å². The molecule has 0 saturated carbocycles. The van der Waals surface area contributed by atoms with Crippen LogP contribution in [0, 0.1) is 5.82 Å². The fourth-order valence-corrected chi connectivity index (χ4v) is 5.12. The summed E-state index contributed by atoms with van der Waals surface area (Å²) in [7, 11) is -0.670. The minimum atomic E-state index is -3.59. The number of sulfonamides is 1. The van der Waals surface area contributed by atoms with Crippen molar-refractivity contribution in [1.82, 2.24) is 14.2 Å². The number of nitrogens with zero attached hydrogens (tertiary/aromatic N) is 4. The van der Waals surface area contributed by atoms with Crippen LogP contribution < -0.4 is 4.90 Å². The lowest BCUT2D eigenvalue weighted by Gasteiger charge is -2.24. The van der Waals surface area contributed by atoms with Crippen LogP contribution in [-0.2, 0) is 10.0 Å². The van der Waals surface area contributed by atoms with Crippen molar-refractivity contribution in [3.63, 3.8) is 0 Å². The Kier molecular flexibility index (Phi) is 9.33. The van der Waals surface area contributed by atoms with E-state index in [0.717, 1.165) is 17.4 Å². The zero-order valence-electron chi connectivity index (χ0n) is 19.0. The van der Waals surface area contributed by atoms with Crippen molar-refractivity contribution >= 4 is 55.0 Å². The number of hydrogen-bond acceptors (Lipinski definition) is 6. The summed E-state index contributed by atoms with van der Waals surface area (Å²) in [5.74, 6) is -0.642. The van der Waals surface area contributed by atoms with Gasteiger partial charge in [-0.1, -0.05) is 25.2 Å². The molecule has 0 unspecified atom stereocenters. The predicted molar refractivity (Wildman–Crippen MR) is 134 cm³/mol. The molecule has 0 spiro atoms. The first kappa shape index (κ1) is 27.1. The van der Waals surface area contributed by atoms with E-state index in [4.69, 9.17) is 0 Å². The van der Waals surface area contributed by atoms with E-state index in [2.05, 4.69) is 23.7 Å². The number of fused-ring (bicyclic) bond motifs is 1. The van der Waals surface area contributed by atoms with Crippen molar-refractivity contribution in [1.29, 1.82) is 0 Å². The number of benzene rings is 2. The minimum absolute atomic E-state index is 0. The third-order valence-corrected chi connectivity index (χ3v) is 8.10. The molecule has 0 aliphatic heterocycles. The van der Waals surface area contributed by atoms with Crippen LogP contribution in [0.4, 0.5) is 9.52 Å². The number of likely N-dealkylation sites (N-methyl/N-ethyl adjacent to an activating group) is 1. The molecule has 7 nitrogen and oxygen atoms in total. The van der Waals surface area contributed by atoms with Gasteiger partial charge in [-0.15, -0.1) is 12.4 Å². The molecule has 11 heteroatoms. The number of thiazole rings is 1. The molecular weight excluding hydrogens is 487 g/mol. The van der Waals surface area contributed by atoms with Gasteiger partial charge >= 0.3 is 0 Å². The zero-order chi connectivity index (χ0) is 23.5. The van der Waals surface area contributed by atoms with E-state index in [1.54, 1.807) is 11.0 Å². The largest absolute Gasteiger partial charge is 0.302 e. The second-order valence-electron chi connectivity index (χ2n) is 7.40. The van der Waals surface area contributed by atoms with Crippen molar-refractivity contribution in [3.8, 4) is 0 Å². The van der Waals surface area contributed by atoms with Gasteiger partial charge in [0.05, 0.1) is 15.1 Å². The van der Waals surface area contributed by atoms with Gasteiger partial charge in [-0.05, 0) is 55.6 Å². The standard InChI is InChI=1S/C22H27FN4O3S2.ClH/c1-5-26(6-2)13-14-27(22-24-19-12-9-17(23)15-20(19)31-22)21(28)16-7-10-18(11-8-16)32(29,30)25(3)4;/h7-12,15H,5-6,13-14H2,1-4H3;1H. The lowest BCUT2D eigenvalue weighted by atomic mass is 10.2. The normalized spacial score (nSPS) is 11.7. The van der Waals surface area contributed by atoms with Crippen molar-refractivity contribution in [2.75, 3.05) is 45.2 Å². The first-order chi connectivity index (χ1) is 15.2.